The third kappa shape index (κ3) is 4.45. The number of hydrogen-bond acceptors (Lipinski definition) is 9. The lowest BCUT2D eigenvalue weighted by molar-refractivity contribution is 0.0741. The van der Waals surface area contributed by atoms with Crippen LogP contribution in [0.15, 0.2) is 36.4 Å². The van der Waals surface area contributed by atoms with Crippen LogP contribution < -0.4 is 24.7 Å². The third-order valence-corrected chi connectivity index (χ3v) is 7.64. The van der Waals surface area contributed by atoms with Crippen LogP contribution in [0.5, 0.6) is 23.0 Å². The fourth-order valence-electron chi connectivity index (χ4n) is 4.79. The predicted molar refractivity (Wildman–Crippen MR) is 145 cm³/mol. The fourth-order valence-corrected chi connectivity index (χ4v) is 5.79. The zero-order valence-electron chi connectivity index (χ0n) is 21.5. The maximum absolute atomic E-state index is 13.2. The molecule has 4 aromatic rings. The smallest absolute Gasteiger partial charge is 0.355 e. The lowest BCUT2D eigenvalue weighted by Crippen LogP contribution is -2.28. The number of fused-ring (bicyclic) bond motifs is 2. The molecular formula is C28H29N3O5S. The molecule has 0 bridgehead atoms. The number of nitrogens with zero attached hydrogens (tertiary/aromatic N) is 2. The summed E-state index contributed by atoms with van der Waals surface area (Å²) in [5.41, 5.74) is 11.9. The topological polar surface area (TPSA) is 96.1 Å². The third-order valence-electron chi connectivity index (χ3n) is 6.56. The predicted octanol–water partition coefficient (Wildman–Crippen LogP) is 5.09. The van der Waals surface area contributed by atoms with Crippen molar-refractivity contribution in [2.75, 3.05) is 40.7 Å². The number of methoxy groups -OCH3 is 3. The van der Waals surface area contributed by atoms with E-state index in [0.29, 0.717) is 44.9 Å². The summed E-state index contributed by atoms with van der Waals surface area (Å²) in [4.78, 5) is 21.5. The number of anilines is 1. The molecule has 1 aliphatic heterocycles. The molecule has 0 unspecified atom stereocenters. The summed E-state index contributed by atoms with van der Waals surface area (Å²) >= 11 is 1.25. The molecule has 8 nitrogen and oxygen atoms in total. The summed E-state index contributed by atoms with van der Waals surface area (Å²) in [6.45, 7) is 3.53. The maximum atomic E-state index is 13.2. The number of rotatable bonds is 6. The second-order valence-electron chi connectivity index (χ2n) is 9.04. The normalized spacial score (nSPS) is 13.3. The first-order valence-corrected chi connectivity index (χ1v) is 12.7. The van der Waals surface area contributed by atoms with Gasteiger partial charge in [-0.3, -0.25) is 0 Å². The van der Waals surface area contributed by atoms with Gasteiger partial charge in [0.15, 0.2) is 11.5 Å². The zero-order valence-corrected chi connectivity index (χ0v) is 22.3. The lowest BCUT2D eigenvalue weighted by atomic mass is 9.91. The van der Waals surface area contributed by atoms with Crippen LogP contribution in [-0.4, -0.2) is 50.8 Å². The van der Waals surface area contributed by atoms with Crippen molar-refractivity contribution in [3.05, 3.63) is 58.1 Å². The summed E-state index contributed by atoms with van der Waals surface area (Å²) in [7, 11) is 6.83. The van der Waals surface area contributed by atoms with Crippen LogP contribution >= 0.6 is 11.3 Å². The van der Waals surface area contributed by atoms with Crippen molar-refractivity contribution in [1.82, 2.24) is 9.88 Å². The molecule has 9 heteroatoms. The molecule has 37 heavy (non-hydrogen) atoms. The van der Waals surface area contributed by atoms with Gasteiger partial charge in [0.1, 0.15) is 15.5 Å². The molecule has 0 atom stereocenters. The number of likely N-dealkylation sites (N-methyl/N-ethyl adjacent to an activating group) is 1. The number of aromatic nitrogens is 1. The second-order valence-corrected chi connectivity index (χ2v) is 10.0. The van der Waals surface area contributed by atoms with Gasteiger partial charge in [-0.25, -0.2) is 9.78 Å². The molecule has 0 fully saturated rings. The summed E-state index contributed by atoms with van der Waals surface area (Å²) < 4.78 is 22.5. The first-order chi connectivity index (χ1) is 17.8. The van der Waals surface area contributed by atoms with E-state index in [1.165, 1.54) is 11.3 Å². The van der Waals surface area contributed by atoms with E-state index in [1.807, 2.05) is 37.3 Å². The highest BCUT2D eigenvalue weighted by Gasteiger charge is 2.29. The number of pyridine rings is 1. The highest BCUT2D eigenvalue weighted by Crippen LogP contribution is 2.47. The molecule has 0 amide bonds. The average molecular weight is 520 g/mol. The van der Waals surface area contributed by atoms with E-state index in [2.05, 4.69) is 11.9 Å². The number of esters is 1. The van der Waals surface area contributed by atoms with E-state index in [1.54, 1.807) is 27.4 Å². The van der Waals surface area contributed by atoms with Crippen LogP contribution in [-0.2, 0) is 13.0 Å². The Morgan fingerprint density at radius 2 is 1.81 bits per heavy atom. The van der Waals surface area contributed by atoms with Crippen molar-refractivity contribution in [2.24, 2.45) is 0 Å². The highest BCUT2D eigenvalue weighted by atomic mass is 32.1. The summed E-state index contributed by atoms with van der Waals surface area (Å²) in [5, 5.41) is 0.726. The molecule has 2 N–H and O–H groups in total. The van der Waals surface area contributed by atoms with E-state index < -0.39 is 5.97 Å². The maximum Gasteiger partial charge on any atom is 0.355 e. The van der Waals surface area contributed by atoms with Crippen LogP contribution in [0.4, 0.5) is 5.69 Å². The minimum absolute atomic E-state index is 0.327. The number of carbonyl (C=O) groups excluding carboxylic acids is 1. The summed E-state index contributed by atoms with van der Waals surface area (Å²) in [5.74, 6) is 1.54. The number of nitrogens with two attached hydrogens (primary N) is 1. The Kier molecular flexibility index (Phi) is 6.66. The van der Waals surface area contributed by atoms with E-state index in [0.717, 1.165) is 46.3 Å². The Bertz CT molecular complexity index is 1490. The fraction of sp³-hybridized carbons (Fsp3) is 0.286. The van der Waals surface area contributed by atoms with Crippen LogP contribution in [0.2, 0.25) is 0 Å². The second kappa shape index (κ2) is 9.91. The van der Waals surface area contributed by atoms with Gasteiger partial charge < -0.3 is 29.6 Å². The molecule has 0 spiro atoms. The van der Waals surface area contributed by atoms with E-state index in [-0.39, 0.29) is 0 Å². The Labute approximate surface area is 219 Å². The largest absolute Gasteiger partial charge is 0.493 e. The molecule has 0 radical (unpaired) electrons. The molecule has 5 rings (SSSR count). The molecule has 0 saturated heterocycles. The first kappa shape index (κ1) is 24.9. The van der Waals surface area contributed by atoms with Crippen molar-refractivity contribution in [3.8, 4) is 34.1 Å². The monoisotopic (exact) mass is 519 g/mol. The van der Waals surface area contributed by atoms with Crippen molar-refractivity contribution in [2.45, 2.75) is 19.9 Å². The van der Waals surface area contributed by atoms with Crippen LogP contribution in [0, 0.1) is 6.92 Å². The van der Waals surface area contributed by atoms with Crippen molar-refractivity contribution >= 4 is 33.2 Å². The van der Waals surface area contributed by atoms with Crippen LogP contribution in [0.1, 0.15) is 26.5 Å². The number of aryl methyl sites for hydroxylation is 1. The van der Waals surface area contributed by atoms with Gasteiger partial charge in [-0.15, -0.1) is 11.3 Å². The number of benzene rings is 2. The SMILES string of the molecule is COc1cc(-c2c3c(nc4sc(C(=O)Oc5cccc(C)c5)c(N)c24)CCN(C)C3)cc(OC)c1OC. The van der Waals surface area contributed by atoms with E-state index >= 15 is 0 Å². The number of nitrogen functional groups attached to an aromatic ring is 1. The minimum Gasteiger partial charge on any atom is -0.493 e. The molecule has 2 aromatic heterocycles. The van der Waals surface area contributed by atoms with Crippen molar-refractivity contribution in [1.29, 1.82) is 0 Å². The van der Waals surface area contributed by atoms with Gasteiger partial charge in [0.2, 0.25) is 5.75 Å². The minimum atomic E-state index is -0.503. The Morgan fingerprint density at radius 3 is 2.46 bits per heavy atom. The molecular weight excluding hydrogens is 490 g/mol. The van der Waals surface area contributed by atoms with Gasteiger partial charge >= 0.3 is 5.97 Å². The number of carbonyl (C=O) groups is 1. The quantitative estimate of drug-likeness (QED) is 0.278. The van der Waals surface area contributed by atoms with Gasteiger partial charge in [-0.1, -0.05) is 12.1 Å². The zero-order chi connectivity index (χ0) is 26.3. The van der Waals surface area contributed by atoms with E-state index in [4.69, 9.17) is 29.7 Å². The first-order valence-electron chi connectivity index (χ1n) is 11.9. The van der Waals surface area contributed by atoms with Gasteiger partial charge in [-0.05, 0) is 54.9 Å². The molecule has 192 valence electrons. The highest BCUT2D eigenvalue weighted by molar-refractivity contribution is 7.21. The number of thiophene rings is 1. The Morgan fingerprint density at radius 1 is 1.08 bits per heavy atom. The van der Waals surface area contributed by atoms with Gasteiger partial charge in [0.25, 0.3) is 0 Å². The molecule has 0 saturated carbocycles. The molecule has 2 aromatic carbocycles. The van der Waals surface area contributed by atoms with Crippen LogP contribution in [0.3, 0.4) is 0 Å². The number of hydrogen-bond donors (Lipinski definition) is 1. The summed E-state index contributed by atoms with van der Waals surface area (Å²) in [6, 6.07) is 11.2. The lowest BCUT2D eigenvalue weighted by Gasteiger charge is -2.27. The van der Waals surface area contributed by atoms with Crippen LogP contribution in [0.25, 0.3) is 21.3 Å². The molecule has 0 aliphatic carbocycles. The molecule has 1 aliphatic rings. The van der Waals surface area contributed by atoms with Gasteiger partial charge in [0.05, 0.1) is 27.0 Å². The Balaban J connectivity index is 1.73. The average Bonchev–Trinajstić information content (AvgIpc) is 3.22. The molecule has 3 heterocycles. The number of ether oxygens (including phenoxy) is 4. The Hall–Kier alpha value is -3.82. The van der Waals surface area contributed by atoms with Crippen molar-refractivity contribution < 1.29 is 23.7 Å². The van der Waals surface area contributed by atoms with Crippen molar-refractivity contribution in [3.63, 3.8) is 0 Å². The van der Waals surface area contributed by atoms with E-state index in [9.17, 15) is 4.79 Å². The standard InChI is InChI=1S/C28H29N3O5S/c1-15-7-6-8-17(11-15)36-28(32)26-24(29)23-22(16-12-20(33-3)25(35-5)21(13-16)34-4)18-14-31(2)10-9-19(18)30-27(23)37-26/h6-8,11-13H,9-10,14,29H2,1-5H3. The van der Waals surface area contributed by atoms with Gasteiger partial charge in [0, 0.05) is 36.2 Å². The summed E-state index contributed by atoms with van der Waals surface area (Å²) in [6.07, 6.45) is 0.792. The van der Waals surface area contributed by atoms with Gasteiger partial charge in [-0.2, -0.15) is 0 Å².